The molecule has 1 atom stereocenters. The van der Waals surface area contributed by atoms with Gasteiger partial charge in [-0.15, -0.1) is 0 Å². The van der Waals surface area contributed by atoms with Crippen molar-refractivity contribution < 1.29 is 19.0 Å². The zero-order valence-corrected chi connectivity index (χ0v) is 14.9. The second-order valence-corrected chi connectivity index (χ2v) is 7.35. The third-order valence-electron chi connectivity index (χ3n) is 3.21. The Balaban J connectivity index is 2.60. The summed E-state index contributed by atoms with van der Waals surface area (Å²) in [7, 11) is 0. The minimum Gasteiger partial charge on any atom is -0.498 e. The molecule has 0 unspecified atom stereocenters. The summed E-state index contributed by atoms with van der Waals surface area (Å²) in [6.07, 6.45) is 1.71. The smallest absolute Gasteiger partial charge is 0.168 e. The van der Waals surface area contributed by atoms with Crippen LogP contribution in [0.2, 0.25) is 0 Å². The summed E-state index contributed by atoms with van der Waals surface area (Å²) < 4.78 is 17.4. The van der Waals surface area contributed by atoms with Gasteiger partial charge in [0.05, 0.1) is 25.7 Å². The van der Waals surface area contributed by atoms with Crippen LogP contribution in [0.1, 0.15) is 48.0 Å². The second kappa shape index (κ2) is 9.31. The first kappa shape index (κ1) is 19.2. The summed E-state index contributed by atoms with van der Waals surface area (Å²) in [4.78, 5) is 12.2. The highest BCUT2D eigenvalue weighted by Crippen LogP contribution is 2.29. The van der Waals surface area contributed by atoms with Crippen LogP contribution in [-0.4, -0.2) is 31.9 Å². The number of hydrogen-bond acceptors (Lipinski definition) is 4. The first-order valence-electron chi connectivity index (χ1n) is 8.40. The Bertz CT molecular complexity index is 359. The average Bonchev–Trinajstić information content (AvgIpc) is 2.77. The molecule has 0 heterocycles. The summed E-state index contributed by atoms with van der Waals surface area (Å²) in [6, 6.07) is 0. The van der Waals surface area contributed by atoms with Crippen LogP contribution < -0.4 is 0 Å². The third-order valence-corrected chi connectivity index (χ3v) is 3.21. The Morgan fingerprint density at radius 1 is 0.955 bits per heavy atom. The third kappa shape index (κ3) is 6.93. The maximum atomic E-state index is 12.2. The quantitative estimate of drug-likeness (QED) is 0.576. The van der Waals surface area contributed by atoms with Gasteiger partial charge >= 0.3 is 0 Å². The van der Waals surface area contributed by atoms with Crippen molar-refractivity contribution in [2.75, 3.05) is 19.8 Å². The summed E-state index contributed by atoms with van der Waals surface area (Å²) in [5.74, 6) is 1.80. The van der Waals surface area contributed by atoms with Crippen LogP contribution >= 0.6 is 0 Å². The van der Waals surface area contributed by atoms with Crippen LogP contribution in [0.3, 0.4) is 0 Å². The molecule has 4 heteroatoms. The zero-order chi connectivity index (χ0) is 16.7. The molecule has 0 saturated heterocycles. The van der Waals surface area contributed by atoms with E-state index >= 15 is 0 Å². The van der Waals surface area contributed by atoms with Gasteiger partial charge in [-0.1, -0.05) is 41.5 Å². The molecule has 0 saturated carbocycles. The molecule has 128 valence electrons. The topological polar surface area (TPSA) is 44.8 Å². The first-order chi connectivity index (χ1) is 10.3. The molecule has 0 spiro atoms. The fourth-order valence-corrected chi connectivity index (χ4v) is 2.10. The first-order valence-corrected chi connectivity index (χ1v) is 8.40. The summed E-state index contributed by atoms with van der Waals surface area (Å²) in [6.45, 7) is 14.4. The molecule has 0 radical (unpaired) electrons. The molecule has 0 aromatic rings. The molecule has 0 aromatic carbocycles. The van der Waals surface area contributed by atoms with E-state index in [-0.39, 0.29) is 11.7 Å². The van der Waals surface area contributed by atoms with Gasteiger partial charge in [0.25, 0.3) is 0 Å². The van der Waals surface area contributed by atoms with Crippen molar-refractivity contribution in [1.82, 2.24) is 0 Å². The van der Waals surface area contributed by atoms with Crippen LogP contribution in [-0.2, 0) is 19.0 Å². The predicted octanol–water partition coefficient (Wildman–Crippen LogP) is 3.80. The van der Waals surface area contributed by atoms with Crippen molar-refractivity contribution in [1.29, 1.82) is 0 Å². The molecule has 0 aromatic heterocycles. The van der Waals surface area contributed by atoms with Crippen LogP contribution in [0, 0.1) is 23.7 Å². The second-order valence-electron chi connectivity index (χ2n) is 7.35. The molecule has 0 aliphatic heterocycles. The fraction of sp³-hybridized carbons (Fsp3) is 0.833. The Morgan fingerprint density at radius 3 is 1.91 bits per heavy atom. The van der Waals surface area contributed by atoms with Crippen LogP contribution in [0.15, 0.2) is 11.8 Å². The van der Waals surface area contributed by atoms with E-state index in [2.05, 4.69) is 41.5 Å². The van der Waals surface area contributed by atoms with Gasteiger partial charge in [-0.25, -0.2) is 0 Å². The van der Waals surface area contributed by atoms with E-state index in [0.29, 0.717) is 44.0 Å². The van der Waals surface area contributed by atoms with Crippen molar-refractivity contribution in [2.45, 2.75) is 54.3 Å². The number of ketones is 1. The highest BCUT2D eigenvalue weighted by molar-refractivity contribution is 5.95. The van der Waals surface area contributed by atoms with E-state index in [0.717, 1.165) is 5.76 Å². The van der Waals surface area contributed by atoms with Crippen LogP contribution in [0.25, 0.3) is 0 Å². The van der Waals surface area contributed by atoms with Gasteiger partial charge in [0, 0.05) is 12.5 Å². The minimum atomic E-state index is -0.478. The average molecular weight is 312 g/mol. The molecule has 0 bridgehead atoms. The van der Waals surface area contributed by atoms with E-state index in [1.54, 1.807) is 6.08 Å². The number of carbonyl (C=O) groups is 1. The SMILES string of the molecule is CC(C)COC1=CC(=O)[C@@H](C(OCC(C)C)OCC(C)C)C1. The molecule has 1 rings (SSSR count). The van der Waals surface area contributed by atoms with E-state index in [4.69, 9.17) is 14.2 Å². The van der Waals surface area contributed by atoms with Crippen molar-refractivity contribution in [2.24, 2.45) is 23.7 Å². The normalized spacial score (nSPS) is 18.9. The van der Waals surface area contributed by atoms with Gasteiger partial charge in [0.15, 0.2) is 12.1 Å². The van der Waals surface area contributed by atoms with Crippen LogP contribution in [0.4, 0.5) is 0 Å². The maximum absolute atomic E-state index is 12.2. The maximum Gasteiger partial charge on any atom is 0.168 e. The van der Waals surface area contributed by atoms with Gasteiger partial charge < -0.3 is 14.2 Å². The van der Waals surface area contributed by atoms with Crippen molar-refractivity contribution in [3.8, 4) is 0 Å². The molecule has 1 aliphatic carbocycles. The predicted molar refractivity (Wildman–Crippen MR) is 87.4 cm³/mol. The lowest BCUT2D eigenvalue weighted by molar-refractivity contribution is -0.183. The largest absolute Gasteiger partial charge is 0.498 e. The lowest BCUT2D eigenvalue weighted by atomic mass is 10.1. The Labute approximate surface area is 135 Å². The number of allylic oxidation sites excluding steroid dienone is 2. The Morgan fingerprint density at radius 2 is 1.45 bits per heavy atom. The minimum absolute atomic E-state index is 0.0521. The molecule has 1 aliphatic rings. The van der Waals surface area contributed by atoms with Crippen molar-refractivity contribution in [3.05, 3.63) is 11.8 Å². The highest BCUT2D eigenvalue weighted by Gasteiger charge is 2.35. The summed E-state index contributed by atoms with van der Waals surface area (Å²) in [5.41, 5.74) is 0. The van der Waals surface area contributed by atoms with E-state index in [9.17, 15) is 4.79 Å². The Kier molecular flexibility index (Phi) is 8.12. The van der Waals surface area contributed by atoms with E-state index < -0.39 is 6.29 Å². The summed E-state index contributed by atoms with van der Waals surface area (Å²) >= 11 is 0. The van der Waals surface area contributed by atoms with Gasteiger partial charge in [0.1, 0.15) is 5.76 Å². The van der Waals surface area contributed by atoms with Gasteiger partial charge in [-0.05, 0) is 17.8 Å². The molecule has 22 heavy (non-hydrogen) atoms. The number of rotatable bonds is 10. The molecule has 4 nitrogen and oxygen atoms in total. The number of ether oxygens (including phenoxy) is 3. The van der Waals surface area contributed by atoms with Gasteiger partial charge in [-0.2, -0.15) is 0 Å². The number of carbonyl (C=O) groups excluding carboxylic acids is 1. The molecular formula is C18H32O4. The fourth-order valence-electron chi connectivity index (χ4n) is 2.10. The molecule has 0 fully saturated rings. The van der Waals surface area contributed by atoms with E-state index in [1.807, 2.05) is 0 Å². The van der Waals surface area contributed by atoms with E-state index in [1.165, 1.54) is 0 Å². The lowest BCUT2D eigenvalue weighted by Crippen LogP contribution is -2.32. The highest BCUT2D eigenvalue weighted by atomic mass is 16.7. The Hall–Kier alpha value is -0.870. The summed E-state index contributed by atoms with van der Waals surface area (Å²) in [5, 5.41) is 0. The van der Waals surface area contributed by atoms with Gasteiger partial charge in [-0.3, -0.25) is 4.79 Å². The van der Waals surface area contributed by atoms with Crippen molar-refractivity contribution in [3.63, 3.8) is 0 Å². The lowest BCUT2D eigenvalue weighted by Gasteiger charge is -2.25. The standard InChI is InChI=1S/C18H32O4/c1-12(2)9-20-15-7-16(17(19)8-15)18(21-10-13(3)4)22-11-14(5)6/h8,12-14,16,18H,7,9-11H2,1-6H3/t16-/m0/s1. The molecule has 0 N–H and O–H groups in total. The molecule has 0 amide bonds. The van der Waals surface area contributed by atoms with Gasteiger partial charge in [0.2, 0.25) is 0 Å². The molecular weight excluding hydrogens is 280 g/mol. The van der Waals surface area contributed by atoms with Crippen LogP contribution in [0.5, 0.6) is 0 Å². The number of hydrogen-bond donors (Lipinski definition) is 0. The monoisotopic (exact) mass is 312 g/mol. The zero-order valence-electron chi connectivity index (χ0n) is 14.9. The van der Waals surface area contributed by atoms with Crippen molar-refractivity contribution >= 4 is 5.78 Å².